The maximum absolute atomic E-state index is 12.3. The fourth-order valence-corrected chi connectivity index (χ4v) is 2.63. The van der Waals surface area contributed by atoms with Crippen molar-refractivity contribution in [2.45, 2.75) is 13.5 Å². The molecule has 0 atom stereocenters. The second-order valence-electron chi connectivity index (χ2n) is 3.30. The predicted octanol–water partition coefficient (Wildman–Crippen LogP) is 2.86. The first-order valence-corrected chi connectivity index (χ1v) is 6.32. The molecule has 0 unspecified atom stereocenters. The van der Waals surface area contributed by atoms with Gasteiger partial charge in [0.2, 0.25) is 5.78 Å². The monoisotopic (exact) mass is 270 g/mol. The van der Waals surface area contributed by atoms with Crippen LogP contribution in [0, 0.1) is 0 Å². The summed E-state index contributed by atoms with van der Waals surface area (Å²) in [6, 6.07) is 1.71. The molecule has 0 spiro atoms. The maximum atomic E-state index is 12.3. The first-order valence-electron chi connectivity index (χ1n) is 5.06. The number of hydrogen-bond donors (Lipinski definition) is 0. The number of nitrogens with zero attached hydrogens (tertiary/aromatic N) is 2. The Labute approximate surface area is 108 Å². The highest BCUT2D eigenvalue weighted by molar-refractivity contribution is 7.13. The number of carbonyl (C=O) groups is 1. The standard InChI is InChI=1S/C11H11ClN2O2S/c1-3-14-9(8(16-2)6-13-14)10(15)11-7(12)4-5-17-11/h4-6H,3H2,1-2H3. The minimum atomic E-state index is -0.152. The third kappa shape index (κ3) is 2.08. The average Bonchev–Trinajstić information content (AvgIpc) is 2.93. The van der Waals surface area contributed by atoms with Crippen LogP contribution in [-0.4, -0.2) is 22.7 Å². The zero-order valence-electron chi connectivity index (χ0n) is 9.44. The van der Waals surface area contributed by atoms with E-state index < -0.39 is 0 Å². The molecule has 0 fully saturated rings. The Hall–Kier alpha value is -1.33. The molecular formula is C11H11ClN2O2S. The minimum Gasteiger partial charge on any atom is -0.493 e. The first-order chi connectivity index (χ1) is 8.19. The van der Waals surface area contributed by atoms with E-state index in [1.165, 1.54) is 24.6 Å². The summed E-state index contributed by atoms with van der Waals surface area (Å²) < 4.78 is 6.75. The van der Waals surface area contributed by atoms with Gasteiger partial charge in [0.1, 0.15) is 0 Å². The quantitative estimate of drug-likeness (QED) is 0.803. The Bertz CT molecular complexity index is 526. The molecule has 4 nitrogen and oxygen atoms in total. The molecule has 0 aliphatic rings. The molecule has 2 rings (SSSR count). The lowest BCUT2D eigenvalue weighted by atomic mass is 10.2. The summed E-state index contributed by atoms with van der Waals surface area (Å²) in [6.45, 7) is 2.52. The van der Waals surface area contributed by atoms with Crippen LogP contribution in [0.25, 0.3) is 0 Å². The first kappa shape index (κ1) is 12.1. The molecule has 0 saturated carbocycles. The van der Waals surface area contributed by atoms with Crippen molar-refractivity contribution >= 4 is 28.7 Å². The predicted molar refractivity (Wildman–Crippen MR) is 67.2 cm³/mol. The van der Waals surface area contributed by atoms with Crippen LogP contribution in [0.5, 0.6) is 5.75 Å². The molecule has 0 aliphatic heterocycles. The normalized spacial score (nSPS) is 10.5. The summed E-state index contributed by atoms with van der Waals surface area (Å²) in [5.74, 6) is 0.322. The van der Waals surface area contributed by atoms with E-state index in [-0.39, 0.29) is 5.78 Å². The molecule has 0 aromatic carbocycles. The van der Waals surface area contributed by atoms with Crippen molar-refractivity contribution in [2.75, 3.05) is 7.11 Å². The summed E-state index contributed by atoms with van der Waals surface area (Å²) in [5.41, 5.74) is 0.444. The van der Waals surface area contributed by atoms with Gasteiger partial charge in [-0.3, -0.25) is 9.48 Å². The summed E-state index contributed by atoms with van der Waals surface area (Å²) in [6.07, 6.45) is 1.54. The third-order valence-corrected chi connectivity index (χ3v) is 3.70. The molecule has 0 amide bonds. The van der Waals surface area contributed by atoms with Crippen molar-refractivity contribution < 1.29 is 9.53 Å². The van der Waals surface area contributed by atoms with E-state index in [0.29, 0.717) is 27.9 Å². The van der Waals surface area contributed by atoms with Crippen LogP contribution >= 0.6 is 22.9 Å². The van der Waals surface area contributed by atoms with Crippen molar-refractivity contribution in [1.29, 1.82) is 0 Å². The van der Waals surface area contributed by atoms with Gasteiger partial charge in [-0.2, -0.15) is 5.10 Å². The molecule has 0 radical (unpaired) electrons. The fourth-order valence-electron chi connectivity index (χ4n) is 1.55. The Kier molecular flexibility index (Phi) is 3.49. The number of aryl methyl sites for hydroxylation is 1. The van der Waals surface area contributed by atoms with Gasteiger partial charge < -0.3 is 4.74 Å². The Morgan fingerprint density at radius 1 is 1.65 bits per heavy atom. The number of methoxy groups -OCH3 is 1. The van der Waals surface area contributed by atoms with Crippen molar-refractivity contribution in [3.05, 3.63) is 33.2 Å². The lowest BCUT2D eigenvalue weighted by Gasteiger charge is -2.05. The van der Waals surface area contributed by atoms with Crippen molar-refractivity contribution in [2.24, 2.45) is 0 Å². The van der Waals surface area contributed by atoms with Crippen LogP contribution in [0.3, 0.4) is 0 Å². The van der Waals surface area contributed by atoms with Crippen molar-refractivity contribution in [3.63, 3.8) is 0 Å². The fraction of sp³-hybridized carbons (Fsp3) is 0.273. The summed E-state index contributed by atoms with van der Waals surface area (Å²) in [7, 11) is 1.52. The lowest BCUT2D eigenvalue weighted by molar-refractivity contribution is 0.103. The Balaban J connectivity index is 2.50. The summed E-state index contributed by atoms with van der Waals surface area (Å²) in [5, 5.41) is 6.35. The summed E-state index contributed by atoms with van der Waals surface area (Å²) >= 11 is 7.28. The number of aromatic nitrogens is 2. The number of ketones is 1. The van der Waals surface area contributed by atoms with E-state index in [2.05, 4.69) is 5.10 Å². The van der Waals surface area contributed by atoms with E-state index in [9.17, 15) is 4.79 Å². The topological polar surface area (TPSA) is 44.1 Å². The highest BCUT2D eigenvalue weighted by atomic mass is 35.5. The van der Waals surface area contributed by atoms with E-state index in [1.54, 1.807) is 16.1 Å². The van der Waals surface area contributed by atoms with E-state index in [4.69, 9.17) is 16.3 Å². The number of ether oxygens (including phenoxy) is 1. The SMILES string of the molecule is CCn1ncc(OC)c1C(=O)c1sccc1Cl. The third-order valence-electron chi connectivity index (χ3n) is 2.36. The molecule has 0 aliphatic carbocycles. The van der Waals surface area contributed by atoms with Gasteiger partial charge in [0, 0.05) is 6.54 Å². The highest BCUT2D eigenvalue weighted by Gasteiger charge is 2.23. The number of rotatable bonds is 4. The smallest absolute Gasteiger partial charge is 0.226 e. The van der Waals surface area contributed by atoms with E-state index in [1.807, 2.05) is 6.92 Å². The Morgan fingerprint density at radius 3 is 2.94 bits per heavy atom. The molecule has 0 saturated heterocycles. The van der Waals surface area contributed by atoms with Gasteiger partial charge in [-0.1, -0.05) is 11.6 Å². The van der Waals surface area contributed by atoms with Crippen LogP contribution in [-0.2, 0) is 6.54 Å². The van der Waals surface area contributed by atoms with Gasteiger partial charge in [0.15, 0.2) is 11.4 Å². The zero-order valence-corrected chi connectivity index (χ0v) is 11.0. The molecule has 2 heterocycles. The van der Waals surface area contributed by atoms with Gasteiger partial charge in [-0.15, -0.1) is 11.3 Å². The van der Waals surface area contributed by atoms with E-state index >= 15 is 0 Å². The molecule has 0 bridgehead atoms. The van der Waals surface area contributed by atoms with Crippen LogP contribution < -0.4 is 4.74 Å². The molecule has 90 valence electrons. The summed E-state index contributed by atoms with van der Waals surface area (Å²) in [4.78, 5) is 12.8. The molecule has 6 heteroatoms. The van der Waals surface area contributed by atoms with Crippen molar-refractivity contribution in [1.82, 2.24) is 9.78 Å². The largest absolute Gasteiger partial charge is 0.493 e. The van der Waals surface area contributed by atoms with Gasteiger partial charge in [0.25, 0.3) is 0 Å². The second kappa shape index (κ2) is 4.89. The lowest BCUT2D eigenvalue weighted by Crippen LogP contribution is -2.11. The molecule has 0 N–H and O–H groups in total. The minimum absolute atomic E-state index is 0.152. The maximum Gasteiger partial charge on any atom is 0.226 e. The Morgan fingerprint density at radius 2 is 2.41 bits per heavy atom. The molecule has 2 aromatic heterocycles. The highest BCUT2D eigenvalue weighted by Crippen LogP contribution is 2.28. The van der Waals surface area contributed by atoms with Gasteiger partial charge in [-0.05, 0) is 18.4 Å². The average molecular weight is 271 g/mol. The van der Waals surface area contributed by atoms with Crippen LogP contribution in [0.15, 0.2) is 17.6 Å². The zero-order chi connectivity index (χ0) is 12.4. The van der Waals surface area contributed by atoms with Crippen LogP contribution in [0.2, 0.25) is 5.02 Å². The van der Waals surface area contributed by atoms with Crippen LogP contribution in [0.1, 0.15) is 22.3 Å². The van der Waals surface area contributed by atoms with Gasteiger partial charge in [-0.25, -0.2) is 0 Å². The molecule has 2 aromatic rings. The number of halogens is 1. The number of carbonyl (C=O) groups excluding carboxylic acids is 1. The second-order valence-corrected chi connectivity index (χ2v) is 4.63. The number of hydrogen-bond acceptors (Lipinski definition) is 4. The van der Waals surface area contributed by atoms with E-state index in [0.717, 1.165) is 0 Å². The molecule has 17 heavy (non-hydrogen) atoms. The van der Waals surface area contributed by atoms with Gasteiger partial charge in [0.05, 0.1) is 23.2 Å². The van der Waals surface area contributed by atoms with Crippen LogP contribution in [0.4, 0.5) is 0 Å². The van der Waals surface area contributed by atoms with Gasteiger partial charge >= 0.3 is 0 Å². The number of thiophene rings is 1. The van der Waals surface area contributed by atoms with Crippen molar-refractivity contribution in [3.8, 4) is 5.75 Å². The molecular weight excluding hydrogens is 260 g/mol.